The number of rotatable bonds is 5. The monoisotopic (exact) mass is 1010 g/mol. The second-order valence-electron chi connectivity index (χ2n) is 23.9. The Morgan fingerprint density at radius 2 is 0.861 bits per heavy atom. The van der Waals surface area contributed by atoms with Gasteiger partial charge in [0.2, 0.25) is 0 Å². The number of para-hydroxylation sites is 5. The number of aromatic nitrogens is 1. The zero-order valence-corrected chi connectivity index (χ0v) is 45.0. The van der Waals surface area contributed by atoms with Crippen LogP contribution in [0.1, 0.15) is 74.9 Å². The van der Waals surface area contributed by atoms with E-state index in [0.717, 1.165) is 56.0 Å². The first kappa shape index (κ1) is 44.7. The largest absolute Gasteiger partial charge is 0.456 e. The molecule has 17 rings (SSSR count). The van der Waals surface area contributed by atoms with Gasteiger partial charge in [0.1, 0.15) is 22.3 Å². The minimum absolute atomic E-state index is 0.180. The molecular formula is C75H54N2O2. The molecule has 4 nitrogen and oxygen atoms in total. The van der Waals surface area contributed by atoms with Crippen LogP contribution < -0.4 is 4.90 Å². The molecule has 4 heteroatoms. The van der Waals surface area contributed by atoms with Crippen LogP contribution in [-0.4, -0.2) is 4.57 Å². The van der Waals surface area contributed by atoms with E-state index in [1.165, 1.54) is 110 Å². The fraction of sp³-hybridized carbons (Fsp3) is 0.120. The Balaban J connectivity index is 0.825. The molecule has 0 bridgehead atoms. The fourth-order valence-corrected chi connectivity index (χ4v) is 14.9. The van der Waals surface area contributed by atoms with Crippen LogP contribution in [0.2, 0.25) is 0 Å². The standard InChI is InChI=1S/C75H54N2O2/c1-73(2)56-36-37-66-70(51-25-14-17-30-64(51)78-66)69(56)55-42-59-53(40-60(55)73)47-34-32-45(38-57(47)74(59,3)4)76(43-20-9-7-10-21-43)46-33-35-49-58(39-46)75(5,6)61-41-54(72-71(68(49)61)52-26-15-18-31-65(52)79-72)48-27-19-29-63-67(48)50-24-13-16-28-62(50)77(63)44-22-11-8-12-23-44/h7-42H,1-6H3. The van der Waals surface area contributed by atoms with Gasteiger partial charge in [-0.1, -0.05) is 163 Å². The molecule has 376 valence electrons. The van der Waals surface area contributed by atoms with Crippen LogP contribution in [0.15, 0.2) is 227 Å². The minimum atomic E-state index is -0.362. The summed E-state index contributed by atoms with van der Waals surface area (Å²) < 4.78 is 16.0. The lowest BCUT2D eigenvalue weighted by atomic mass is 9.79. The van der Waals surface area contributed by atoms with Crippen LogP contribution in [0.25, 0.3) is 116 Å². The third-order valence-corrected chi connectivity index (χ3v) is 18.8. The summed E-state index contributed by atoms with van der Waals surface area (Å²) in [7, 11) is 0. The molecule has 0 spiro atoms. The van der Waals surface area contributed by atoms with E-state index < -0.39 is 0 Å². The summed E-state index contributed by atoms with van der Waals surface area (Å²) in [5.41, 5.74) is 27.9. The summed E-state index contributed by atoms with van der Waals surface area (Å²) in [6.45, 7) is 14.5. The summed E-state index contributed by atoms with van der Waals surface area (Å²) >= 11 is 0. The predicted molar refractivity (Wildman–Crippen MR) is 328 cm³/mol. The summed E-state index contributed by atoms with van der Waals surface area (Å²) in [6.07, 6.45) is 0. The van der Waals surface area contributed by atoms with Gasteiger partial charge < -0.3 is 18.3 Å². The normalized spacial score (nSPS) is 15.0. The molecule has 3 aromatic heterocycles. The smallest absolute Gasteiger partial charge is 0.143 e. The number of fused-ring (bicyclic) bond motifs is 20. The SMILES string of the molecule is CC1(C)c2cc(N(c3ccccc3)c3ccc4c(c3)C(C)(C)c3cc(-c5cccc6c5c5ccccc5n6-c5ccccc5)c5oc6ccccc6c5c3-4)ccc2-c2cc3c(cc21)-c1c(ccc2oc4ccccc4c12)C3(C)C. The number of benzene rings is 11. The fourth-order valence-electron chi connectivity index (χ4n) is 14.9. The Morgan fingerprint density at radius 1 is 0.316 bits per heavy atom. The van der Waals surface area contributed by atoms with Gasteiger partial charge in [-0.2, -0.15) is 0 Å². The summed E-state index contributed by atoms with van der Waals surface area (Å²) in [5, 5.41) is 7.15. The first-order chi connectivity index (χ1) is 38.5. The van der Waals surface area contributed by atoms with Gasteiger partial charge in [-0.05, 0) is 169 Å². The Bertz CT molecular complexity index is 4980. The topological polar surface area (TPSA) is 34.5 Å². The predicted octanol–water partition coefficient (Wildman–Crippen LogP) is 20.6. The molecule has 0 amide bonds. The average molecular weight is 1020 g/mol. The van der Waals surface area contributed by atoms with E-state index in [2.05, 4.69) is 269 Å². The van der Waals surface area contributed by atoms with Crippen molar-refractivity contribution in [1.29, 1.82) is 0 Å². The molecule has 3 aliphatic carbocycles. The maximum absolute atomic E-state index is 7.11. The molecule has 79 heavy (non-hydrogen) atoms. The van der Waals surface area contributed by atoms with E-state index >= 15 is 0 Å². The number of hydrogen-bond acceptors (Lipinski definition) is 3. The van der Waals surface area contributed by atoms with Crippen molar-refractivity contribution in [1.82, 2.24) is 4.57 Å². The maximum atomic E-state index is 7.11. The van der Waals surface area contributed by atoms with Gasteiger partial charge in [0.15, 0.2) is 0 Å². The van der Waals surface area contributed by atoms with Crippen molar-refractivity contribution in [2.24, 2.45) is 0 Å². The van der Waals surface area contributed by atoms with Gasteiger partial charge >= 0.3 is 0 Å². The van der Waals surface area contributed by atoms with E-state index in [1.54, 1.807) is 0 Å². The maximum Gasteiger partial charge on any atom is 0.143 e. The molecular weight excluding hydrogens is 961 g/mol. The molecule has 11 aromatic carbocycles. The average Bonchev–Trinajstić information content (AvgIpc) is 2.96. The van der Waals surface area contributed by atoms with Gasteiger partial charge in [0, 0.05) is 76.9 Å². The first-order valence-electron chi connectivity index (χ1n) is 27.8. The molecule has 0 saturated carbocycles. The van der Waals surface area contributed by atoms with Crippen LogP contribution in [0.3, 0.4) is 0 Å². The Hall–Kier alpha value is -9.38. The lowest BCUT2D eigenvalue weighted by molar-refractivity contribution is 0.651. The summed E-state index contributed by atoms with van der Waals surface area (Å²) in [6, 6.07) is 80.8. The van der Waals surface area contributed by atoms with Crippen LogP contribution >= 0.6 is 0 Å². The van der Waals surface area contributed by atoms with Gasteiger partial charge in [-0.3, -0.25) is 0 Å². The lowest BCUT2D eigenvalue weighted by Crippen LogP contribution is -2.18. The number of nitrogens with zero attached hydrogens (tertiary/aromatic N) is 2. The van der Waals surface area contributed by atoms with E-state index in [9.17, 15) is 0 Å². The minimum Gasteiger partial charge on any atom is -0.456 e. The molecule has 3 heterocycles. The molecule has 0 saturated heterocycles. The molecule has 0 fully saturated rings. The van der Waals surface area contributed by atoms with Crippen molar-refractivity contribution in [2.45, 2.75) is 57.8 Å². The molecule has 0 unspecified atom stereocenters. The van der Waals surface area contributed by atoms with Gasteiger partial charge in [-0.15, -0.1) is 0 Å². The quantitative estimate of drug-likeness (QED) is 0.172. The van der Waals surface area contributed by atoms with Crippen LogP contribution in [0, 0.1) is 0 Å². The Labute approximate surface area is 458 Å². The van der Waals surface area contributed by atoms with Crippen molar-refractivity contribution >= 4 is 82.7 Å². The lowest BCUT2D eigenvalue weighted by Gasteiger charge is -2.29. The molecule has 14 aromatic rings. The second kappa shape index (κ2) is 15.4. The Kier molecular flexibility index (Phi) is 8.73. The Morgan fingerprint density at radius 3 is 1.62 bits per heavy atom. The molecule has 0 radical (unpaired) electrons. The van der Waals surface area contributed by atoms with Gasteiger partial charge in [0.05, 0.1) is 11.0 Å². The molecule has 3 aliphatic rings. The molecule has 0 atom stereocenters. The number of hydrogen-bond donors (Lipinski definition) is 0. The van der Waals surface area contributed by atoms with Crippen molar-refractivity contribution in [2.75, 3.05) is 4.90 Å². The summed E-state index contributed by atoms with van der Waals surface area (Å²) in [5.74, 6) is 0. The highest BCUT2D eigenvalue weighted by Gasteiger charge is 2.44. The van der Waals surface area contributed by atoms with Crippen molar-refractivity contribution in [3.63, 3.8) is 0 Å². The van der Waals surface area contributed by atoms with E-state index in [4.69, 9.17) is 8.83 Å². The summed E-state index contributed by atoms with van der Waals surface area (Å²) in [4.78, 5) is 2.47. The number of furan rings is 2. The number of anilines is 3. The van der Waals surface area contributed by atoms with Crippen LogP contribution in [0.5, 0.6) is 0 Å². The third-order valence-electron chi connectivity index (χ3n) is 18.8. The first-order valence-corrected chi connectivity index (χ1v) is 27.8. The van der Waals surface area contributed by atoms with Gasteiger partial charge in [0.25, 0.3) is 0 Å². The zero-order chi connectivity index (χ0) is 52.8. The highest BCUT2D eigenvalue weighted by molar-refractivity contribution is 6.23. The molecule has 0 N–H and O–H groups in total. The van der Waals surface area contributed by atoms with Crippen LogP contribution in [-0.2, 0) is 16.2 Å². The van der Waals surface area contributed by atoms with Gasteiger partial charge in [-0.25, -0.2) is 0 Å². The zero-order valence-electron chi connectivity index (χ0n) is 45.0. The second-order valence-corrected chi connectivity index (χ2v) is 23.9. The molecule has 0 aliphatic heterocycles. The van der Waals surface area contributed by atoms with Crippen molar-refractivity contribution < 1.29 is 8.83 Å². The van der Waals surface area contributed by atoms with Crippen molar-refractivity contribution in [3.05, 3.63) is 252 Å². The highest BCUT2D eigenvalue weighted by atomic mass is 16.3. The van der Waals surface area contributed by atoms with Crippen LogP contribution in [0.4, 0.5) is 17.1 Å². The van der Waals surface area contributed by atoms with E-state index in [1.807, 2.05) is 0 Å². The highest BCUT2D eigenvalue weighted by Crippen LogP contribution is 2.60. The van der Waals surface area contributed by atoms with E-state index in [-0.39, 0.29) is 16.2 Å². The third kappa shape index (κ3) is 5.83. The van der Waals surface area contributed by atoms with E-state index in [0.29, 0.717) is 0 Å². The van der Waals surface area contributed by atoms with Crippen molar-refractivity contribution in [3.8, 4) is 50.2 Å².